The molecule has 0 aliphatic carbocycles. The maximum Gasteiger partial charge on any atom is 0.273 e. The van der Waals surface area contributed by atoms with Crippen LogP contribution in [0.3, 0.4) is 0 Å². The van der Waals surface area contributed by atoms with Crippen molar-refractivity contribution in [1.29, 1.82) is 0 Å². The summed E-state index contributed by atoms with van der Waals surface area (Å²) in [5.74, 6) is 1.05. The molecule has 0 saturated carbocycles. The molecule has 0 saturated heterocycles. The molecule has 138 valence electrons. The molecule has 27 heavy (non-hydrogen) atoms. The molecule has 0 spiro atoms. The highest BCUT2D eigenvalue weighted by molar-refractivity contribution is 5.75. The van der Waals surface area contributed by atoms with E-state index in [1.165, 1.54) is 10.6 Å². The SMILES string of the molecule is COc1ccccc1-c1[nH]n2c(=O)cc(-c3cc(C(C)C)[nH]n3)nc2c1C. The van der Waals surface area contributed by atoms with Gasteiger partial charge in [-0.15, -0.1) is 0 Å². The lowest BCUT2D eigenvalue weighted by Gasteiger charge is -2.06. The number of H-pyrrole nitrogens is 2. The lowest BCUT2D eigenvalue weighted by atomic mass is 10.1. The Hall–Kier alpha value is -3.35. The van der Waals surface area contributed by atoms with Gasteiger partial charge in [0.1, 0.15) is 11.4 Å². The molecule has 0 radical (unpaired) electrons. The summed E-state index contributed by atoms with van der Waals surface area (Å²) in [6, 6.07) is 11.1. The van der Waals surface area contributed by atoms with Gasteiger partial charge in [-0.05, 0) is 31.0 Å². The zero-order valence-electron chi connectivity index (χ0n) is 15.7. The van der Waals surface area contributed by atoms with Crippen molar-refractivity contribution in [2.75, 3.05) is 7.11 Å². The average molecular weight is 363 g/mol. The molecule has 4 aromatic rings. The molecule has 0 amide bonds. The third kappa shape index (κ3) is 2.81. The molecule has 2 N–H and O–H groups in total. The summed E-state index contributed by atoms with van der Waals surface area (Å²) < 4.78 is 6.91. The normalized spacial score (nSPS) is 11.4. The van der Waals surface area contributed by atoms with Gasteiger partial charge in [0.05, 0.1) is 18.5 Å². The highest BCUT2D eigenvalue weighted by atomic mass is 16.5. The van der Waals surface area contributed by atoms with Crippen molar-refractivity contribution in [3.8, 4) is 28.4 Å². The van der Waals surface area contributed by atoms with Crippen molar-refractivity contribution in [2.24, 2.45) is 0 Å². The molecule has 7 nitrogen and oxygen atoms in total. The Labute approximate surface area is 156 Å². The molecule has 0 unspecified atom stereocenters. The van der Waals surface area contributed by atoms with Crippen molar-refractivity contribution in [3.63, 3.8) is 0 Å². The molecule has 3 heterocycles. The second-order valence-electron chi connectivity index (χ2n) is 6.81. The topological polar surface area (TPSA) is 88.1 Å². The van der Waals surface area contributed by atoms with Crippen LogP contribution in [0.1, 0.15) is 31.0 Å². The van der Waals surface area contributed by atoms with E-state index in [1.807, 2.05) is 37.3 Å². The number of hydrogen-bond acceptors (Lipinski definition) is 4. The number of aryl methyl sites for hydroxylation is 1. The molecule has 0 fully saturated rings. The first-order valence-electron chi connectivity index (χ1n) is 8.81. The van der Waals surface area contributed by atoms with E-state index in [1.54, 1.807) is 7.11 Å². The molecule has 0 aliphatic rings. The number of hydrogen-bond donors (Lipinski definition) is 2. The van der Waals surface area contributed by atoms with Crippen LogP contribution in [-0.2, 0) is 0 Å². The number of fused-ring (bicyclic) bond motifs is 1. The number of para-hydroxylation sites is 1. The van der Waals surface area contributed by atoms with Crippen LogP contribution in [0.2, 0.25) is 0 Å². The molecule has 1 aromatic carbocycles. The molecule has 0 atom stereocenters. The maximum absolute atomic E-state index is 12.7. The van der Waals surface area contributed by atoms with Crippen molar-refractivity contribution in [1.82, 2.24) is 24.8 Å². The number of ether oxygens (including phenoxy) is 1. The summed E-state index contributed by atoms with van der Waals surface area (Å²) in [4.78, 5) is 17.4. The molecule has 0 bridgehead atoms. The first-order valence-corrected chi connectivity index (χ1v) is 8.81. The van der Waals surface area contributed by atoms with Crippen LogP contribution >= 0.6 is 0 Å². The van der Waals surface area contributed by atoms with E-state index in [4.69, 9.17) is 4.74 Å². The summed E-state index contributed by atoms with van der Waals surface area (Å²) in [5, 5.41) is 10.5. The molecular formula is C20H21N5O2. The second-order valence-corrected chi connectivity index (χ2v) is 6.81. The lowest BCUT2D eigenvalue weighted by molar-refractivity contribution is 0.416. The van der Waals surface area contributed by atoms with Gasteiger partial charge >= 0.3 is 0 Å². The van der Waals surface area contributed by atoms with E-state index >= 15 is 0 Å². The maximum atomic E-state index is 12.7. The third-order valence-corrected chi connectivity index (χ3v) is 4.71. The fourth-order valence-electron chi connectivity index (χ4n) is 3.16. The largest absolute Gasteiger partial charge is 0.496 e. The van der Waals surface area contributed by atoms with Crippen LogP contribution in [0.4, 0.5) is 0 Å². The predicted molar refractivity (Wildman–Crippen MR) is 104 cm³/mol. The Bertz CT molecular complexity index is 1180. The summed E-state index contributed by atoms with van der Waals surface area (Å²) >= 11 is 0. The monoisotopic (exact) mass is 363 g/mol. The van der Waals surface area contributed by atoms with E-state index in [0.717, 1.165) is 28.3 Å². The second kappa shape index (κ2) is 6.42. The standard InChI is InChI=1S/C20H21N5O2/c1-11(2)14-9-16(23-22-14)15-10-18(26)25-20(21-15)12(3)19(24-25)13-7-5-6-8-17(13)27-4/h5-11,24H,1-4H3,(H,22,23). The van der Waals surface area contributed by atoms with E-state index < -0.39 is 0 Å². The zero-order chi connectivity index (χ0) is 19.1. The fraction of sp³-hybridized carbons (Fsp3) is 0.250. The van der Waals surface area contributed by atoms with Crippen LogP contribution in [0.5, 0.6) is 5.75 Å². The van der Waals surface area contributed by atoms with E-state index in [-0.39, 0.29) is 5.56 Å². The van der Waals surface area contributed by atoms with E-state index in [0.29, 0.717) is 23.0 Å². The van der Waals surface area contributed by atoms with Crippen LogP contribution in [0.25, 0.3) is 28.3 Å². The Morgan fingerprint density at radius 1 is 1.15 bits per heavy atom. The average Bonchev–Trinajstić information content (AvgIpc) is 3.28. The Morgan fingerprint density at radius 2 is 1.93 bits per heavy atom. The molecule has 4 rings (SSSR count). The number of nitrogens with zero attached hydrogens (tertiary/aromatic N) is 3. The van der Waals surface area contributed by atoms with Gasteiger partial charge in [0.25, 0.3) is 5.56 Å². The first-order chi connectivity index (χ1) is 13.0. The Morgan fingerprint density at radius 3 is 2.63 bits per heavy atom. The van der Waals surface area contributed by atoms with Gasteiger partial charge in [-0.2, -0.15) is 5.10 Å². The number of methoxy groups -OCH3 is 1. The fourth-order valence-corrected chi connectivity index (χ4v) is 3.16. The Balaban J connectivity index is 1.90. The quantitative estimate of drug-likeness (QED) is 0.581. The van der Waals surface area contributed by atoms with Crippen molar-refractivity contribution in [2.45, 2.75) is 26.7 Å². The van der Waals surface area contributed by atoms with Gasteiger partial charge in [-0.3, -0.25) is 15.0 Å². The highest BCUT2D eigenvalue weighted by Gasteiger charge is 2.17. The van der Waals surface area contributed by atoms with Crippen LogP contribution in [-0.4, -0.2) is 31.9 Å². The number of aromatic amines is 2. The van der Waals surface area contributed by atoms with Gasteiger partial charge < -0.3 is 4.74 Å². The summed E-state index contributed by atoms with van der Waals surface area (Å²) in [7, 11) is 1.63. The minimum absolute atomic E-state index is 0.187. The highest BCUT2D eigenvalue weighted by Crippen LogP contribution is 2.32. The number of aromatic nitrogens is 5. The van der Waals surface area contributed by atoms with Gasteiger partial charge in [0, 0.05) is 22.9 Å². The molecule has 7 heteroatoms. The van der Waals surface area contributed by atoms with Crippen LogP contribution < -0.4 is 10.3 Å². The lowest BCUT2D eigenvalue weighted by Crippen LogP contribution is -2.14. The number of rotatable bonds is 4. The van der Waals surface area contributed by atoms with Gasteiger partial charge in [0.15, 0.2) is 5.65 Å². The van der Waals surface area contributed by atoms with Gasteiger partial charge in [-0.25, -0.2) is 9.50 Å². The molecular weight excluding hydrogens is 342 g/mol. The van der Waals surface area contributed by atoms with Crippen molar-refractivity contribution < 1.29 is 4.74 Å². The summed E-state index contributed by atoms with van der Waals surface area (Å²) in [6.45, 7) is 6.10. The minimum atomic E-state index is -0.187. The van der Waals surface area contributed by atoms with Crippen molar-refractivity contribution >= 4 is 5.65 Å². The molecule has 3 aromatic heterocycles. The predicted octanol–water partition coefficient (Wildman–Crippen LogP) is 3.52. The van der Waals surface area contributed by atoms with Gasteiger partial charge in [-0.1, -0.05) is 26.0 Å². The number of nitrogens with one attached hydrogen (secondary N) is 2. The minimum Gasteiger partial charge on any atom is -0.496 e. The van der Waals surface area contributed by atoms with Gasteiger partial charge in [0.2, 0.25) is 0 Å². The summed E-state index contributed by atoms with van der Waals surface area (Å²) in [5.41, 5.74) is 5.17. The zero-order valence-corrected chi connectivity index (χ0v) is 15.7. The summed E-state index contributed by atoms with van der Waals surface area (Å²) in [6.07, 6.45) is 0. The van der Waals surface area contributed by atoms with E-state index in [2.05, 4.69) is 34.1 Å². The number of benzene rings is 1. The van der Waals surface area contributed by atoms with Crippen LogP contribution in [0, 0.1) is 6.92 Å². The van der Waals surface area contributed by atoms with E-state index in [9.17, 15) is 4.79 Å². The Kier molecular flexibility index (Phi) is 4.07. The third-order valence-electron chi connectivity index (χ3n) is 4.71. The smallest absolute Gasteiger partial charge is 0.273 e. The van der Waals surface area contributed by atoms with Crippen molar-refractivity contribution in [3.05, 3.63) is 58.0 Å². The van der Waals surface area contributed by atoms with Crippen LogP contribution in [0.15, 0.2) is 41.2 Å². The molecule has 0 aliphatic heterocycles. The first kappa shape index (κ1) is 17.1.